The molecule has 1 unspecified atom stereocenters. The number of anilines is 2. The molecule has 27 heavy (non-hydrogen) atoms. The molecular formula is C19H24N4O3S. The van der Waals surface area contributed by atoms with Crippen LogP contribution in [-0.2, 0) is 9.84 Å². The van der Waals surface area contributed by atoms with E-state index in [0.29, 0.717) is 24.6 Å². The zero-order valence-electron chi connectivity index (χ0n) is 15.8. The van der Waals surface area contributed by atoms with Crippen molar-refractivity contribution in [1.82, 2.24) is 9.97 Å². The number of rotatable bonds is 5. The second-order valence-corrected chi connectivity index (χ2v) is 9.07. The molecule has 1 saturated heterocycles. The first-order chi connectivity index (χ1) is 12.8. The van der Waals surface area contributed by atoms with Gasteiger partial charge < -0.3 is 10.2 Å². The van der Waals surface area contributed by atoms with Crippen LogP contribution < -0.4 is 10.2 Å². The van der Waals surface area contributed by atoms with Crippen molar-refractivity contribution in [3.05, 3.63) is 47.3 Å². The van der Waals surface area contributed by atoms with Crippen LogP contribution in [0, 0.1) is 13.8 Å². The van der Waals surface area contributed by atoms with E-state index in [9.17, 15) is 13.2 Å². The van der Waals surface area contributed by atoms with Crippen LogP contribution in [0.4, 0.5) is 11.6 Å². The Balaban J connectivity index is 1.79. The van der Waals surface area contributed by atoms with Gasteiger partial charge in [0.2, 0.25) is 5.95 Å². The molecule has 1 aliphatic rings. The van der Waals surface area contributed by atoms with Crippen LogP contribution in [-0.4, -0.2) is 48.4 Å². The summed E-state index contributed by atoms with van der Waals surface area (Å²) < 4.78 is 23.6. The number of sulfone groups is 1. The van der Waals surface area contributed by atoms with Gasteiger partial charge in [0.25, 0.3) is 5.91 Å². The highest BCUT2D eigenvalue weighted by Crippen LogP contribution is 2.22. The minimum atomic E-state index is -3.01. The van der Waals surface area contributed by atoms with E-state index < -0.39 is 9.84 Å². The van der Waals surface area contributed by atoms with Crippen molar-refractivity contribution in [3.8, 4) is 0 Å². The van der Waals surface area contributed by atoms with Gasteiger partial charge in [-0.1, -0.05) is 6.07 Å². The molecule has 1 atom stereocenters. The highest BCUT2D eigenvalue weighted by Gasteiger charge is 2.33. The largest absolute Gasteiger partial charge is 0.337 e. The Kier molecular flexibility index (Phi) is 5.46. The summed E-state index contributed by atoms with van der Waals surface area (Å²) in [5, 5.41) is 2.85. The van der Waals surface area contributed by atoms with Crippen molar-refractivity contribution in [1.29, 1.82) is 0 Å². The lowest BCUT2D eigenvalue weighted by Crippen LogP contribution is -2.37. The van der Waals surface area contributed by atoms with Crippen LogP contribution in [0.5, 0.6) is 0 Å². The van der Waals surface area contributed by atoms with Gasteiger partial charge >= 0.3 is 0 Å². The van der Waals surface area contributed by atoms with E-state index in [1.165, 1.54) is 6.20 Å². The van der Waals surface area contributed by atoms with Gasteiger partial charge in [0.1, 0.15) is 5.69 Å². The maximum atomic E-state index is 12.6. The monoisotopic (exact) mass is 388 g/mol. The molecule has 1 N–H and O–H groups in total. The lowest BCUT2D eigenvalue weighted by atomic mass is 10.1. The number of amides is 1. The summed E-state index contributed by atoms with van der Waals surface area (Å²) in [6, 6.07) is 7.12. The Labute approximate surface area is 159 Å². The molecule has 2 aromatic rings. The third-order valence-corrected chi connectivity index (χ3v) is 6.64. The summed E-state index contributed by atoms with van der Waals surface area (Å²) in [6.07, 6.45) is 2.09. The number of benzene rings is 1. The quantitative estimate of drug-likeness (QED) is 0.845. The first-order valence-electron chi connectivity index (χ1n) is 8.98. The van der Waals surface area contributed by atoms with E-state index in [1.54, 1.807) is 6.07 Å². The van der Waals surface area contributed by atoms with Gasteiger partial charge in [-0.25, -0.2) is 18.4 Å². The van der Waals surface area contributed by atoms with Crippen molar-refractivity contribution in [2.45, 2.75) is 33.2 Å². The van der Waals surface area contributed by atoms with E-state index in [0.717, 1.165) is 11.1 Å². The van der Waals surface area contributed by atoms with E-state index >= 15 is 0 Å². The molecule has 1 aliphatic heterocycles. The first kappa shape index (κ1) is 19.3. The number of hydrogen-bond acceptors (Lipinski definition) is 6. The van der Waals surface area contributed by atoms with Gasteiger partial charge in [-0.3, -0.25) is 4.79 Å². The Bertz CT molecular complexity index is 959. The van der Waals surface area contributed by atoms with E-state index in [2.05, 4.69) is 15.3 Å². The molecule has 2 heterocycles. The predicted octanol–water partition coefficient (Wildman–Crippen LogP) is 2.36. The molecule has 1 aromatic heterocycles. The van der Waals surface area contributed by atoms with E-state index in [4.69, 9.17) is 0 Å². The molecule has 1 fully saturated rings. The molecular weight excluding hydrogens is 364 g/mol. The summed E-state index contributed by atoms with van der Waals surface area (Å²) in [7, 11) is -3.01. The fourth-order valence-electron chi connectivity index (χ4n) is 3.21. The van der Waals surface area contributed by atoms with Gasteiger partial charge in [0.15, 0.2) is 9.84 Å². The van der Waals surface area contributed by atoms with Crippen LogP contribution in [0.2, 0.25) is 0 Å². The van der Waals surface area contributed by atoms with Crippen molar-refractivity contribution in [3.63, 3.8) is 0 Å². The molecule has 0 aliphatic carbocycles. The van der Waals surface area contributed by atoms with Gasteiger partial charge in [-0.2, -0.15) is 0 Å². The van der Waals surface area contributed by atoms with Crippen LogP contribution in [0.3, 0.4) is 0 Å². The van der Waals surface area contributed by atoms with Gasteiger partial charge in [-0.15, -0.1) is 0 Å². The standard InChI is InChI=1S/C19H24N4O3S/c1-4-23(16-8-10-27(25,26)12-16)19-20-9-7-17(22-19)18(24)21-15-6-5-13(2)14(3)11-15/h5-7,9,11,16H,4,8,10,12H2,1-3H3,(H,21,24). The summed E-state index contributed by atoms with van der Waals surface area (Å²) in [4.78, 5) is 23.1. The summed E-state index contributed by atoms with van der Waals surface area (Å²) in [6.45, 7) is 6.50. The molecule has 8 heteroatoms. The lowest BCUT2D eigenvalue weighted by molar-refractivity contribution is 0.102. The molecule has 0 radical (unpaired) electrons. The van der Waals surface area contributed by atoms with Gasteiger partial charge in [0.05, 0.1) is 11.5 Å². The highest BCUT2D eigenvalue weighted by atomic mass is 32.2. The molecule has 3 rings (SSSR count). The fourth-order valence-corrected chi connectivity index (χ4v) is 4.94. The maximum absolute atomic E-state index is 12.6. The number of aryl methyl sites for hydroxylation is 2. The number of hydrogen-bond donors (Lipinski definition) is 1. The van der Waals surface area contributed by atoms with Crippen molar-refractivity contribution in [2.75, 3.05) is 28.3 Å². The zero-order chi connectivity index (χ0) is 19.6. The van der Waals surface area contributed by atoms with Crippen LogP contribution in [0.15, 0.2) is 30.5 Å². The fraction of sp³-hybridized carbons (Fsp3) is 0.421. The maximum Gasteiger partial charge on any atom is 0.274 e. The molecule has 1 aromatic carbocycles. The second kappa shape index (κ2) is 7.64. The number of carbonyl (C=O) groups excluding carboxylic acids is 1. The minimum absolute atomic E-state index is 0.100. The van der Waals surface area contributed by atoms with Crippen molar-refractivity contribution in [2.24, 2.45) is 0 Å². The van der Waals surface area contributed by atoms with Gasteiger partial charge in [-0.05, 0) is 56.5 Å². The third kappa shape index (κ3) is 4.44. The number of carbonyl (C=O) groups is 1. The first-order valence-corrected chi connectivity index (χ1v) is 10.8. The predicted molar refractivity (Wildman–Crippen MR) is 106 cm³/mol. The van der Waals surface area contributed by atoms with Crippen molar-refractivity contribution < 1.29 is 13.2 Å². The average molecular weight is 388 g/mol. The van der Waals surface area contributed by atoms with Gasteiger partial charge in [0, 0.05) is 24.5 Å². The molecule has 0 bridgehead atoms. The Morgan fingerprint density at radius 3 is 2.67 bits per heavy atom. The minimum Gasteiger partial charge on any atom is -0.337 e. The van der Waals surface area contributed by atoms with Crippen molar-refractivity contribution >= 4 is 27.4 Å². The lowest BCUT2D eigenvalue weighted by Gasteiger charge is -2.26. The molecule has 7 nitrogen and oxygen atoms in total. The van der Waals surface area contributed by atoms with E-state index in [-0.39, 0.29) is 29.1 Å². The third-order valence-electron chi connectivity index (χ3n) is 4.89. The Morgan fingerprint density at radius 2 is 2.04 bits per heavy atom. The molecule has 1 amide bonds. The average Bonchev–Trinajstić information content (AvgIpc) is 2.98. The summed E-state index contributed by atoms with van der Waals surface area (Å²) in [5.41, 5.74) is 3.20. The zero-order valence-corrected chi connectivity index (χ0v) is 16.6. The normalized spacial score (nSPS) is 18.3. The Hall–Kier alpha value is -2.48. The topological polar surface area (TPSA) is 92.3 Å². The highest BCUT2D eigenvalue weighted by molar-refractivity contribution is 7.91. The van der Waals surface area contributed by atoms with Crippen LogP contribution in [0.25, 0.3) is 0 Å². The SMILES string of the molecule is CCN(c1nccc(C(=O)Nc2ccc(C)c(C)c2)n1)C1CCS(=O)(=O)C1. The number of nitrogens with one attached hydrogen (secondary N) is 1. The van der Waals surface area contributed by atoms with E-state index in [1.807, 2.05) is 43.9 Å². The number of nitrogens with zero attached hydrogens (tertiary/aromatic N) is 3. The second-order valence-electron chi connectivity index (χ2n) is 6.84. The summed E-state index contributed by atoms with van der Waals surface area (Å²) >= 11 is 0. The smallest absolute Gasteiger partial charge is 0.274 e. The Morgan fingerprint density at radius 1 is 1.26 bits per heavy atom. The van der Waals surface area contributed by atoms with Crippen LogP contribution >= 0.6 is 0 Å². The molecule has 144 valence electrons. The number of aromatic nitrogens is 2. The molecule has 0 saturated carbocycles. The summed E-state index contributed by atoms with van der Waals surface area (Å²) in [5.74, 6) is 0.342. The van der Waals surface area contributed by atoms with Crippen LogP contribution in [0.1, 0.15) is 35.0 Å². The molecule has 0 spiro atoms.